The van der Waals surface area contributed by atoms with Crippen LogP contribution in [-0.4, -0.2) is 21.9 Å². The van der Waals surface area contributed by atoms with E-state index in [1.54, 1.807) is 5.01 Å². The molecule has 0 fully saturated rings. The normalized spacial score (nSPS) is 10.8. The van der Waals surface area contributed by atoms with E-state index in [-0.39, 0.29) is 30.1 Å². The highest BCUT2D eigenvalue weighted by Gasteiger charge is 2.15. The largest absolute Gasteiger partial charge is 0.419 e. The van der Waals surface area contributed by atoms with Gasteiger partial charge < -0.3 is 4.42 Å². The number of non-ortho nitro benzene ring substituents is 1. The maximum Gasteiger partial charge on any atom is 0.419 e. The van der Waals surface area contributed by atoms with Crippen molar-refractivity contribution in [3.63, 3.8) is 0 Å². The van der Waals surface area contributed by atoms with Gasteiger partial charge in [-0.25, -0.2) is 4.79 Å². The fourth-order valence-electron chi connectivity index (χ4n) is 3.04. The van der Waals surface area contributed by atoms with Gasteiger partial charge in [0.1, 0.15) is 0 Å². The Morgan fingerprint density at radius 1 is 1.24 bits per heavy atom. The number of hydrogen-bond acceptors (Lipinski definition) is 6. The van der Waals surface area contributed by atoms with Gasteiger partial charge in [0.2, 0.25) is 5.91 Å². The first-order valence-corrected chi connectivity index (χ1v) is 9.30. The summed E-state index contributed by atoms with van der Waals surface area (Å²) in [5.41, 5.74) is 5.38. The molecule has 29 heavy (non-hydrogen) atoms. The van der Waals surface area contributed by atoms with Crippen LogP contribution in [0.3, 0.4) is 0 Å². The van der Waals surface area contributed by atoms with E-state index < -0.39 is 10.7 Å². The minimum atomic E-state index is -0.601. The number of carbonyl (C=O) groups is 1. The molecule has 0 bridgehead atoms. The second kappa shape index (κ2) is 8.59. The third kappa shape index (κ3) is 4.63. The lowest BCUT2D eigenvalue weighted by molar-refractivity contribution is -0.384. The maximum absolute atomic E-state index is 12.3. The molecule has 0 aliphatic heterocycles. The van der Waals surface area contributed by atoms with Crippen LogP contribution in [0.25, 0.3) is 11.1 Å². The lowest BCUT2D eigenvalue weighted by atomic mass is 10.2. The van der Waals surface area contributed by atoms with Crippen LogP contribution in [0.2, 0.25) is 0 Å². The number of amides is 1. The molecule has 0 aliphatic carbocycles. The Hall–Kier alpha value is -3.62. The van der Waals surface area contributed by atoms with Crippen LogP contribution < -0.4 is 16.2 Å². The monoisotopic (exact) mass is 398 g/mol. The Morgan fingerprint density at radius 2 is 1.97 bits per heavy atom. The number of fused-ring (bicyclic) bond motifs is 1. The molecule has 0 spiro atoms. The van der Waals surface area contributed by atoms with Crippen molar-refractivity contribution >= 4 is 28.4 Å². The van der Waals surface area contributed by atoms with E-state index >= 15 is 0 Å². The molecule has 0 unspecified atom stereocenters. The number of aromatic nitrogens is 1. The smallest absolute Gasteiger partial charge is 0.407 e. The molecule has 152 valence electrons. The third-order valence-corrected chi connectivity index (χ3v) is 4.57. The van der Waals surface area contributed by atoms with Gasteiger partial charge in [0.05, 0.1) is 22.2 Å². The average molecular weight is 398 g/mol. The number of hydrazine groups is 1. The molecule has 1 aromatic heterocycles. The van der Waals surface area contributed by atoms with Crippen LogP contribution in [0.4, 0.5) is 11.4 Å². The van der Waals surface area contributed by atoms with Crippen LogP contribution in [0.1, 0.15) is 25.3 Å². The molecular weight excluding hydrogens is 376 g/mol. The van der Waals surface area contributed by atoms with E-state index in [1.165, 1.54) is 22.8 Å². The zero-order valence-electron chi connectivity index (χ0n) is 16.3. The van der Waals surface area contributed by atoms with E-state index in [4.69, 9.17) is 4.42 Å². The van der Waals surface area contributed by atoms with Crippen molar-refractivity contribution in [3.8, 4) is 0 Å². The lowest BCUT2D eigenvalue weighted by Gasteiger charge is -2.24. The Morgan fingerprint density at radius 3 is 2.62 bits per heavy atom. The summed E-state index contributed by atoms with van der Waals surface area (Å²) in [5, 5.41) is 12.6. The number of benzene rings is 2. The standard InChI is InChI=1S/C20H22N4O5/c1-3-23(15-8-6-14(2)7-9-15)21-19(25)5-4-12-22-17-11-10-16(24(27)28)13-18(17)29-20(22)26/h6-11,13H,3-5,12H2,1-2H3,(H,21,25). The van der Waals surface area contributed by atoms with Crippen molar-refractivity contribution in [1.82, 2.24) is 9.99 Å². The summed E-state index contributed by atoms with van der Waals surface area (Å²) >= 11 is 0. The molecule has 1 amide bonds. The highest BCUT2D eigenvalue weighted by molar-refractivity contribution is 5.78. The zero-order chi connectivity index (χ0) is 21.0. The summed E-state index contributed by atoms with van der Waals surface area (Å²) in [7, 11) is 0. The topological polar surface area (TPSA) is 111 Å². The van der Waals surface area contributed by atoms with Gasteiger partial charge in [-0.2, -0.15) is 0 Å². The summed E-state index contributed by atoms with van der Waals surface area (Å²) in [5.74, 6) is -0.764. The molecule has 9 heteroatoms. The number of nitrogens with one attached hydrogen (secondary N) is 1. The molecule has 3 aromatic rings. The van der Waals surface area contributed by atoms with Gasteiger partial charge in [-0.05, 0) is 38.5 Å². The van der Waals surface area contributed by atoms with Crippen molar-refractivity contribution in [1.29, 1.82) is 0 Å². The van der Waals surface area contributed by atoms with Crippen LogP contribution in [0.5, 0.6) is 0 Å². The van der Waals surface area contributed by atoms with E-state index in [9.17, 15) is 19.7 Å². The Labute approximate surface area is 166 Å². The fourth-order valence-corrected chi connectivity index (χ4v) is 3.04. The molecule has 9 nitrogen and oxygen atoms in total. The van der Waals surface area contributed by atoms with Crippen molar-refractivity contribution < 1.29 is 14.1 Å². The van der Waals surface area contributed by atoms with Crippen molar-refractivity contribution in [2.45, 2.75) is 33.2 Å². The summed E-state index contributed by atoms with van der Waals surface area (Å²) < 4.78 is 6.47. The molecule has 0 radical (unpaired) electrons. The number of rotatable bonds is 8. The lowest BCUT2D eigenvalue weighted by Crippen LogP contribution is -2.42. The van der Waals surface area contributed by atoms with Gasteiger partial charge >= 0.3 is 5.76 Å². The molecule has 2 aromatic carbocycles. The van der Waals surface area contributed by atoms with Crippen molar-refractivity contribution in [2.75, 3.05) is 11.6 Å². The summed E-state index contributed by atoms with van der Waals surface area (Å²) in [6.45, 7) is 4.82. The first-order valence-electron chi connectivity index (χ1n) is 9.30. The number of nitrogens with zero attached hydrogens (tertiary/aromatic N) is 3. The molecule has 1 N–H and O–H groups in total. The zero-order valence-corrected chi connectivity index (χ0v) is 16.3. The minimum absolute atomic E-state index is 0.145. The van der Waals surface area contributed by atoms with Gasteiger partial charge in [0.15, 0.2) is 5.58 Å². The summed E-state index contributed by atoms with van der Waals surface area (Å²) in [4.78, 5) is 34.7. The van der Waals surface area contributed by atoms with Crippen molar-refractivity contribution in [2.24, 2.45) is 0 Å². The highest BCUT2D eigenvalue weighted by Crippen LogP contribution is 2.20. The van der Waals surface area contributed by atoms with Crippen LogP contribution >= 0.6 is 0 Å². The Bertz CT molecular complexity index is 1080. The SMILES string of the molecule is CCN(NC(=O)CCCn1c(=O)oc2cc([N+](=O)[O-])ccc21)c1ccc(C)cc1. The first-order chi connectivity index (χ1) is 13.9. The summed E-state index contributed by atoms with van der Waals surface area (Å²) in [6.07, 6.45) is 0.636. The fraction of sp³-hybridized carbons (Fsp3) is 0.300. The number of nitro benzene ring substituents is 1. The van der Waals surface area contributed by atoms with Crippen LogP contribution in [-0.2, 0) is 11.3 Å². The van der Waals surface area contributed by atoms with Gasteiger partial charge in [0, 0.05) is 25.6 Å². The number of oxazole rings is 1. The van der Waals surface area contributed by atoms with Gasteiger partial charge in [-0.15, -0.1) is 0 Å². The average Bonchev–Trinajstić information content (AvgIpc) is 3.01. The van der Waals surface area contributed by atoms with E-state index in [0.29, 0.717) is 18.5 Å². The molecule has 0 saturated heterocycles. The van der Waals surface area contributed by atoms with Gasteiger partial charge in [-0.1, -0.05) is 17.7 Å². The van der Waals surface area contributed by atoms with E-state index in [2.05, 4.69) is 5.43 Å². The maximum atomic E-state index is 12.3. The second-order valence-electron chi connectivity index (χ2n) is 6.65. The quantitative estimate of drug-likeness (QED) is 0.461. The van der Waals surface area contributed by atoms with Crippen molar-refractivity contribution in [3.05, 3.63) is 68.7 Å². The van der Waals surface area contributed by atoms with E-state index in [1.807, 2.05) is 38.1 Å². The number of aryl methyl sites for hydroxylation is 2. The first kappa shape index (κ1) is 20.1. The Kier molecular flexibility index (Phi) is 5.96. The number of hydrogen-bond donors (Lipinski definition) is 1. The predicted octanol–water partition coefficient (Wildman–Crippen LogP) is 3.15. The third-order valence-electron chi connectivity index (χ3n) is 4.57. The van der Waals surface area contributed by atoms with Gasteiger partial charge in [0.25, 0.3) is 5.69 Å². The van der Waals surface area contributed by atoms with Crippen LogP contribution in [0.15, 0.2) is 51.7 Å². The number of anilines is 1. The molecule has 0 atom stereocenters. The highest BCUT2D eigenvalue weighted by atomic mass is 16.6. The molecular formula is C20H22N4O5. The number of nitro groups is 1. The predicted molar refractivity (Wildman–Crippen MR) is 109 cm³/mol. The van der Waals surface area contributed by atoms with Crippen LogP contribution in [0, 0.1) is 17.0 Å². The summed E-state index contributed by atoms with van der Waals surface area (Å²) in [6, 6.07) is 11.9. The molecule has 0 aliphatic rings. The van der Waals surface area contributed by atoms with E-state index in [0.717, 1.165) is 11.3 Å². The van der Waals surface area contributed by atoms with Gasteiger partial charge in [-0.3, -0.25) is 29.9 Å². The second-order valence-corrected chi connectivity index (χ2v) is 6.65. The molecule has 3 rings (SSSR count). The molecule has 1 heterocycles. The Balaban J connectivity index is 1.61. The number of carbonyl (C=O) groups excluding carboxylic acids is 1. The minimum Gasteiger partial charge on any atom is -0.407 e. The molecule has 0 saturated carbocycles.